The molecule has 0 unspecified atom stereocenters. The Kier molecular flexibility index (Phi) is 2.68. The molecule has 0 saturated carbocycles. The molecule has 4 rings (SSSR count). The lowest BCUT2D eigenvalue weighted by molar-refractivity contribution is 0.476. The zero-order valence-electron chi connectivity index (χ0n) is 10.9. The number of aromatic hydroxyl groups is 1. The SMILES string of the molecule is Oc1ccc(Br)cc1-c1nnc2ccc3ccccc3n12. The van der Waals surface area contributed by atoms with Gasteiger partial charge in [0.05, 0.1) is 11.1 Å². The van der Waals surface area contributed by atoms with Gasteiger partial charge in [0.2, 0.25) is 0 Å². The number of benzene rings is 2. The van der Waals surface area contributed by atoms with Gasteiger partial charge in [-0.25, -0.2) is 0 Å². The molecular formula is C16H10BrN3O. The van der Waals surface area contributed by atoms with Crippen molar-refractivity contribution in [3.63, 3.8) is 0 Å². The number of halogens is 1. The summed E-state index contributed by atoms with van der Waals surface area (Å²) in [6.07, 6.45) is 0. The number of pyridine rings is 1. The van der Waals surface area contributed by atoms with Gasteiger partial charge in [0, 0.05) is 4.47 Å². The molecule has 0 spiro atoms. The highest BCUT2D eigenvalue weighted by molar-refractivity contribution is 9.10. The highest BCUT2D eigenvalue weighted by Crippen LogP contribution is 2.32. The minimum atomic E-state index is 0.181. The van der Waals surface area contributed by atoms with E-state index in [1.165, 1.54) is 0 Å². The van der Waals surface area contributed by atoms with Crippen LogP contribution in [0.3, 0.4) is 0 Å². The van der Waals surface area contributed by atoms with Crippen LogP contribution in [-0.4, -0.2) is 19.7 Å². The van der Waals surface area contributed by atoms with E-state index < -0.39 is 0 Å². The summed E-state index contributed by atoms with van der Waals surface area (Å²) in [5, 5.41) is 19.7. The normalized spacial score (nSPS) is 11.3. The topological polar surface area (TPSA) is 50.4 Å². The van der Waals surface area contributed by atoms with Crippen LogP contribution in [0.4, 0.5) is 0 Å². The van der Waals surface area contributed by atoms with E-state index in [9.17, 15) is 5.11 Å². The van der Waals surface area contributed by atoms with Crippen LogP contribution in [-0.2, 0) is 0 Å². The number of aromatic nitrogens is 3. The first-order chi connectivity index (χ1) is 10.2. The second-order valence-electron chi connectivity index (χ2n) is 4.77. The molecule has 2 aromatic carbocycles. The van der Waals surface area contributed by atoms with Gasteiger partial charge in [-0.2, -0.15) is 0 Å². The van der Waals surface area contributed by atoms with Crippen LogP contribution in [0.15, 0.2) is 59.1 Å². The number of hydrogen-bond donors (Lipinski definition) is 1. The van der Waals surface area contributed by atoms with Crippen LogP contribution < -0.4 is 0 Å². The van der Waals surface area contributed by atoms with Crippen molar-refractivity contribution in [3.05, 3.63) is 59.1 Å². The molecule has 0 amide bonds. The van der Waals surface area contributed by atoms with Crippen molar-refractivity contribution in [2.75, 3.05) is 0 Å². The van der Waals surface area contributed by atoms with Crippen LogP contribution in [0.25, 0.3) is 27.9 Å². The quantitative estimate of drug-likeness (QED) is 0.569. The maximum atomic E-state index is 10.1. The van der Waals surface area contributed by atoms with E-state index in [4.69, 9.17) is 0 Å². The molecule has 0 bridgehead atoms. The summed E-state index contributed by atoms with van der Waals surface area (Å²) in [5.74, 6) is 0.807. The van der Waals surface area contributed by atoms with Crippen LogP contribution in [0, 0.1) is 0 Å². The Morgan fingerprint density at radius 3 is 2.71 bits per heavy atom. The van der Waals surface area contributed by atoms with Crippen molar-refractivity contribution in [2.24, 2.45) is 0 Å². The number of para-hydroxylation sites is 1. The number of phenolic OH excluding ortho intramolecular Hbond substituents is 1. The van der Waals surface area contributed by atoms with Crippen molar-refractivity contribution in [3.8, 4) is 17.1 Å². The van der Waals surface area contributed by atoms with Gasteiger partial charge < -0.3 is 5.11 Å². The average Bonchev–Trinajstić information content (AvgIpc) is 2.94. The van der Waals surface area contributed by atoms with E-state index in [-0.39, 0.29) is 5.75 Å². The van der Waals surface area contributed by atoms with Gasteiger partial charge in [0.15, 0.2) is 11.5 Å². The number of nitrogens with zero attached hydrogens (tertiary/aromatic N) is 3. The zero-order chi connectivity index (χ0) is 14.4. The first kappa shape index (κ1) is 12.3. The second-order valence-corrected chi connectivity index (χ2v) is 5.69. The third-order valence-corrected chi connectivity index (χ3v) is 3.97. The zero-order valence-corrected chi connectivity index (χ0v) is 12.4. The molecular weight excluding hydrogens is 330 g/mol. The minimum absolute atomic E-state index is 0.181. The fourth-order valence-corrected chi connectivity index (χ4v) is 2.86. The van der Waals surface area contributed by atoms with Gasteiger partial charge in [-0.1, -0.05) is 34.1 Å². The Hall–Kier alpha value is -2.40. The van der Waals surface area contributed by atoms with Crippen molar-refractivity contribution in [2.45, 2.75) is 0 Å². The summed E-state index contributed by atoms with van der Waals surface area (Å²) >= 11 is 3.43. The summed E-state index contributed by atoms with van der Waals surface area (Å²) in [4.78, 5) is 0. The molecule has 0 fully saturated rings. The lowest BCUT2D eigenvalue weighted by Gasteiger charge is -2.06. The first-order valence-electron chi connectivity index (χ1n) is 6.46. The van der Waals surface area contributed by atoms with Crippen molar-refractivity contribution in [1.29, 1.82) is 0 Å². The average molecular weight is 340 g/mol. The van der Waals surface area contributed by atoms with E-state index >= 15 is 0 Å². The lowest BCUT2D eigenvalue weighted by Crippen LogP contribution is -1.92. The maximum absolute atomic E-state index is 10.1. The summed E-state index contributed by atoms with van der Waals surface area (Å²) in [5.41, 5.74) is 2.41. The number of fused-ring (bicyclic) bond motifs is 3. The predicted molar refractivity (Wildman–Crippen MR) is 85.3 cm³/mol. The molecule has 4 nitrogen and oxygen atoms in total. The van der Waals surface area contributed by atoms with E-state index in [0.717, 1.165) is 21.0 Å². The molecule has 2 aromatic heterocycles. The third kappa shape index (κ3) is 1.89. The Morgan fingerprint density at radius 1 is 0.952 bits per heavy atom. The van der Waals surface area contributed by atoms with Gasteiger partial charge in [0.25, 0.3) is 0 Å². The Balaban J connectivity index is 2.14. The van der Waals surface area contributed by atoms with E-state index in [0.29, 0.717) is 11.4 Å². The van der Waals surface area contributed by atoms with Crippen molar-refractivity contribution in [1.82, 2.24) is 14.6 Å². The van der Waals surface area contributed by atoms with Gasteiger partial charge in [-0.15, -0.1) is 10.2 Å². The summed E-state index contributed by atoms with van der Waals surface area (Å²) in [7, 11) is 0. The highest BCUT2D eigenvalue weighted by Gasteiger charge is 2.14. The van der Waals surface area contributed by atoms with Gasteiger partial charge in [-0.05, 0) is 41.8 Å². The molecule has 1 N–H and O–H groups in total. The van der Waals surface area contributed by atoms with E-state index in [1.54, 1.807) is 12.1 Å². The van der Waals surface area contributed by atoms with E-state index in [2.05, 4.69) is 26.1 Å². The molecule has 0 aliphatic rings. The lowest BCUT2D eigenvalue weighted by atomic mass is 10.1. The number of phenols is 1. The Morgan fingerprint density at radius 2 is 1.81 bits per heavy atom. The summed E-state index contributed by atoms with van der Waals surface area (Å²) in [6.45, 7) is 0. The van der Waals surface area contributed by atoms with Gasteiger partial charge >= 0.3 is 0 Å². The molecule has 102 valence electrons. The van der Waals surface area contributed by atoms with Crippen LogP contribution in [0.1, 0.15) is 0 Å². The standard InChI is InChI=1S/C16H10BrN3O/c17-11-6-7-14(21)12(9-11)16-19-18-15-8-5-10-3-1-2-4-13(10)20(15)16/h1-9,21H. The molecule has 0 atom stereocenters. The molecule has 0 aliphatic heterocycles. The number of rotatable bonds is 1. The largest absolute Gasteiger partial charge is 0.507 e. The number of hydrogen-bond acceptors (Lipinski definition) is 3. The van der Waals surface area contributed by atoms with Gasteiger partial charge in [-0.3, -0.25) is 4.40 Å². The smallest absolute Gasteiger partial charge is 0.172 e. The fraction of sp³-hybridized carbons (Fsp3) is 0. The Labute approximate surface area is 128 Å². The molecule has 4 aromatic rings. The van der Waals surface area contributed by atoms with Gasteiger partial charge in [0.1, 0.15) is 5.75 Å². The minimum Gasteiger partial charge on any atom is -0.507 e. The maximum Gasteiger partial charge on any atom is 0.172 e. The summed E-state index contributed by atoms with van der Waals surface area (Å²) < 4.78 is 2.84. The Bertz CT molecular complexity index is 978. The second kappa shape index (κ2) is 4.56. The van der Waals surface area contributed by atoms with Crippen LogP contribution in [0.5, 0.6) is 5.75 Å². The molecule has 2 heterocycles. The molecule has 0 radical (unpaired) electrons. The van der Waals surface area contributed by atoms with Crippen LogP contribution in [0.2, 0.25) is 0 Å². The fourth-order valence-electron chi connectivity index (χ4n) is 2.50. The molecule has 5 heteroatoms. The first-order valence-corrected chi connectivity index (χ1v) is 7.25. The summed E-state index contributed by atoms with van der Waals surface area (Å²) in [6, 6.07) is 17.3. The van der Waals surface area contributed by atoms with E-state index in [1.807, 2.05) is 46.9 Å². The predicted octanol–water partition coefficient (Wildman–Crippen LogP) is 4.02. The molecule has 0 aliphatic carbocycles. The van der Waals surface area contributed by atoms with Crippen molar-refractivity contribution < 1.29 is 5.11 Å². The monoisotopic (exact) mass is 339 g/mol. The molecule has 0 saturated heterocycles. The van der Waals surface area contributed by atoms with Crippen LogP contribution >= 0.6 is 15.9 Å². The third-order valence-electron chi connectivity index (χ3n) is 3.48. The highest BCUT2D eigenvalue weighted by atomic mass is 79.9. The van der Waals surface area contributed by atoms with Crippen molar-refractivity contribution >= 4 is 32.5 Å². The molecule has 21 heavy (non-hydrogen) atoms.